The van der Waals surface area contributed by atoms with Gasteiger partial charge < -0.3 is 19.9 Å². The Morgan fingerprint density at radius 2 is 1.79 bits per heavy atom. The van der Waals surface area contributed by atoms with Gasteiger partial charge in [0.05, 0.1) is 6.10 Å². The fourth-order valence-corrected chi connectivity index (χ4v) is 2.67. The first-order valence-electron chi connectivity index (χ1n) is 8.07. The van der Waals surface area contributed by atoms with Crippen LogP contribution in [0, 0.1) is 0 Å². The summed E-state index contributed by atoms with van der Waals surface area (Å²) in [4.78, 5) is 5.01. The Hall–Kier alpha value is -0.160. The number of nitrogens with zero attached hydrogens (tertiary/aromatic N) is 2. The summed E-state index contributed by atoms with van der Waals surface area (Å²) in [7, 11) is 0. The number of ether oxygens (including phenoxy) is 1. The summed E-state index contributed by atoms with van der Waals surface area (Å²) in [6, 6.07) is 0. The van der Waals surface area contributed by atoms with E-state index in [-0.39, 0.29) is 0 Å². The van der Waals surface area contributed by atoms with E-state index in [1.54, 1.807) is 0 Å². The van der Waals surface area contributed by atoms with Gasteiger partial charge in [-0.15, -0.1) is 0 Å². The maximum Gasteiger partial charge on any atom is 0.0599 e. The van der Waals surface area contributed by atoms with Crippen molar-refractivity contribution >= 4 is 0 Å². The predicted molar refractivity (Wildman–Crippen MR) is 81.7 cm³/mol. The molecule has 0 amide bonds. The normalized spacial score (nSPS) is 18.3. The highest BCUT2D eigenvalue weighted by Crippen LogP contribution is 2.12. The molecule has 0 unspecified atom stereocenters. The summed E-state index contributed by atoms with van der Waals surface area (Å²) >= 11 is 0. The maximum absolute atomic E-state index is 5.68. The van der Waals surface area contributed by atoms with E-state index >= 15 is 0 Å². The van der Waals surface area contributed by atoms with Crippen LogP contribution >= 0.6 is 0 Å². The molecule has 4 nitrogen and oxygen atoms in total. The monoisotopic (exact) mass is 271 g/mol. The largest absolute Gasteiger partial charge is 0.378 e. The van der Waals surface area contributed by atoms with Gasteiger partial charge >= 0.3 is 0 Å². The van der Waals surface area contributed by atoms with Crippen molar-refractivity contribution in [1.82, 2.24) is 15.1 Å². The molecule has 1 saturated heterocycles. The molecule has 0 spiro atoms. The molecular weight excluding hydrogens is 238 g/mol. The first-order valence-corrected chi connectivity index (χ1v) is 8.07. The molecule has 4 heteroatoms. The number of nitrogens with one attached hydrogen (secondary N) is 1. The molecule has 0 bridgehead atoms. The van der Waals surface area contributed by atoms with Gasteiger partial charge in [0.15, 0.2) is 0 Å². The average Bonchev–Trinajstić information content (AvgIpc) is 2.45. The molecule has 0 aromatic rings. The molecule has 1 aliphatic heterocycles. The molecule has 1 heterocycles. The van der Waals surface area contributed by atoms with Crippen molar-refractivity contribution < 1.29 is 4.74 Å². The van der Waals surface area contributed by atoms with Crippen molar-refractivity contribution in [2.45, 2.75) is 39.7 Å². The summed E-state index contributed by atoms with van der Waals surface area (Å²) in [6.07, 6.45) is 2.91. The van der Waals surface area contributed by atoms with Gasteiger partial charge in [0.2, 0.25) is 0 Å². The molecule has 0 radical (unpaired) electrons. The van der Waals surface area contributed by atoms with Gasteiger partial charge in [-0.05, 0) is 32.9 Å². The van der Waals surface area contributed by atoms with Gasteiger partial charge in [0, 0.05) is 45.9 Å². The lowest BCUT2D eigenvalue weighted by Crippen LogP contribution is -2.41. The van der Waals surface area contributed by atoms with Crippen LogP contribution in [0.1, 0.15) is 33.6 Å². The van der Waals surface area contributed by atoms with Gasteiger partial charge in [0.1, 0.15) is 0 Å². The SMILES string of the molecule is CCOC1CCN(CCNCCN(CC)CC)CC1. The summed E-state index contributed by atoms with van der Waals surface area (Å²) in [5.74, 6) is 0. The van der Waals surface area contributed by atoms with Crippen LogP contribution in [0.25, 0.3) is 0 Å². The van der Waals surface area contributed by atoms with Crippen LogP contribution < -0.4 is 5.32 Å². The fraction of sp³-hybridized carbons (Fsp3) is 1.00. The van der Waals surface area contributed by atoms with Crippen molar-refractivity contribution in [3.05, 3.63) is 0 Å². The summed E-state index contributed by atoms with van der Waals surface area (Å²) in [5.41, 5.74) is 0. The summed E-state index contributed by atoms with van der Waals surface area (Å²) in [6.45, 7) is 16.7. The highest BCUT2D eigenvalue weighted by Gasteiger charge is 2.18. The van der Waals surface area contributed by atoms with E-state index in [1.165, 1.54) is 39.0 Å². The minimum atomic E-state index is 0.511. The second kappa shape index (κ2) is 10.6. The van der Waals surface area contributed by atoms with Crippen LogP contribution in [0.4, 0.5) is 0 Å². The zero-order chi connectivity index (χ0) is 13.9. The third kappa shape index (κ3) is 7.25. The Kier molecular flexibility index (Phi) is 9.43. The Morgan fingerprint density at radius 3 is 2.37 bits per heavy atom. The number of likely N-dealkylation sites (tertiary alicyclic amines) is 1. The number of likely N-dealkylation sites (N-methyl/N-ethyl adjacent to an activating group) is 1. The molecule has 19 heavy (non-hydrogen) atoms. The predicted octanol–water partition coefficient (Wildman–Crippen LogP) is 1.42. The highest BCUT2D eigenvalue weighted by molar-refractivity contribution is 4.73. The molecule has 0 aromatic heterocycles. The molecule has 1 N–H and O–H groups in total. The quantitative estimate of drug-likeness (QED) is 0.608. The zero-order valence-corrected chi connectivity index (χ0v) is 13.2. The lowest BCUT2D eigenvalue weighted by atomic mass is 10.1. The minimum absolute atomic E-state index is 0.511. The van der Waals surface area contributed by atoms with E-state index in [9.17, 15) is 0 Å². The van der Waals surface area contributed by atoms with Gasteiger partial charge in [-0.1, -0.05) is 13.8 Å². The van der Waals surface area contributed by atoms with E-state index in [4.69, 9.17) is 4.74 Å². The third-order valence-corrected chi connectivity index (χ3v) is 4.04. The van der Waals surface area contributed by atoms with Crippen molar-refractivity contribution in [2.75, 3.05) is 59.0 Å². The highest BCUT2D eigenvalue weighted by atomic mass is 16.5. The second-order valence-electron chi connectivity index (χ2n) is 5.27. The van der Waals surface area contributed by atoms with Crippen LogP contribution in [0.15, 0.2) is 0 Å². The maximum atomic E-state index is 5.68. The third-order valence-electron chi connectivity index (χ3n) is 4.04. The topological polar surface area (TPSA) is 27.7 Å². The molecule has 0 aliphatic carbocycles. The molecular formula is C15H33N3O. The van der Waals surface area contributed by atoms with E-state index in [1.807, 2.05) is 0 Å². The average molecular weight is 271 g/mol. The van der Waals surface area contributed by atoms with Crippen molar-refractivity contribution in [1.29, 1.82) is 0 Å². The lowest BCUT2D eigenvalue weighted by Gasteiger charge is -2.31. The molecule has 0 aromatic carbocycles. The van der Waals surface area contributed by atoms with Gasteiger partial charge in [-0.25, -0.2) is 0 Å². The zero-order valence-electron chi connectivity index (χ0n) is 13.2. The molecule has 1 fully saturated rings. The standard InChI is InChI=1S/C15H33N3O/c1-4-17(5-2)13-9-16-10-14-18-11-7-15(8-12-18)19-6-3/h15-16H,4-14H2,1-3H3. The lowest BCUT2D eigenvalue weighted by molar-refractivity contribution is 0.0145. The molecule has 0 atom stereocenters. The van der Waals surface area contributed by atoms with Crippen LogP contribution in [-0.2, 0) is 4.74 Å². The van der Waals surface area contributed by atoms with Crippen LogP contribution in [-0.4, -0.2) is 74.9 Å². The second-order valence-corrected chi connectivity index (χ2v) is 5.27. The smallest absolute Gasteiger partial charge is 0.0599 e. The summed E-state index contributed by atoms with van der Waals surface area (Å²) < 4.78 is 5.68. The van der Waals surface area contributed by atoms with Crippen molar-refractivity contribution in [3.8, 4) is 0 Å². The molecule has 1 rings (SSSR count). The van der Waals surface area contributed by atoms with Crippen LogP contribution in [0.3, 0.4) is 0 Å². The van der Waals surface area contributed by atoms with E-state index in [0.29, 0.717) is 6.10 Å². The van der Waals surface area contributed by atoms with Gasteiger partial charge in [0.25, 0.3) is 0 Å². The summed E-state index contributed by atoms with van der Waals surface area (Å²) in [5, 5.41) is 3.55. The number of rotatable bonds is 10. The number of hydrogen-bond acceptors (Lipinski definition) is 4. The molecule has 0 saturated carbocycles. The Bertz CT molecular complexity index is 202. The van der Waals surface area contributed by atoms with E-state index in [0.717, 1.165) is 32.8 Å². The Morgan fingerprint density at radius 1 is 1.11 bits per heavy atom. The minimum Gasteiger partial charge on any atom is -0.378 e. The molecule has 114 valence electrons. The van der Waals surface area contributed by atoms with Gasteiger partial charge in [-0.3, -0.25) is 0 Å². The number of hydrogen-bond donors (Lipinski definition) is 1. The van der Waals surface area contributed by atoms with Crippen LogP contribution in [0.2, 0.25) is 0 Å². The first-order chi connectivity index (χ1) is 9.30. The van der Waals surface area contributed by atoms with E-state index < -0.39 is 0 Å². The Balaban J connectivity index is 1.96. The van der Waals surface area contributed by atoms with Crippen LogP contribution in [0.5, 0.6) is 0 Å². The van der Waals surface area contributed by atoms with Crippen molar-refractivity contribution in [2.24, 2.45) is 0 Å². The first kappa shape index (κ1) is 16.9. The van der Waals surface area contributed by atoms with Crippen molar-refractivity contribution in [3.63, 3.8) is 0 Å². The van der Waals surface area contributed by atoms with E-state index in [2.05, 4.69) is 35.9 Å². The Labute approximate surface area is 119 Å². The van der Waals surface area contributed by atoms with Gasteiger partial charge in [-0.2, -0.15) is 0 Å². The number of piperidine rings is 1. The molecule has 1 aliphatic rings. The fourth-order valence-electron chi connectivity index (χ4n) is 2.67.